The average molecular weight is 285 g/mol. The van der Waals surface area contributed by atoms with Gasteiger partial charge in [-0.2, -0.15) is 0 Å². The molecule has 0 unspecified atom stereocenters. The van der Waals surface area contributed by atoms with E-state index < -0.39 is 0 Å². The fourth-order valence-electron chi connectivity index (χ4n) is 2.27. The van der Waals surface area contributed by atoms with Crippen LogP contribution in [0.5, 0.6) is 5.75 Å². The van der Waals surface area contributed by atoms with E-state index in [1.165, 1.54) is 16.7 Å². The van der Waals surface area contributed by atoms with Crippen LogP contribution in [0.3, 0.4) is 0 Å². The van der Waals surface area contributed by atoms with Crippen molar-refractivity contribution in [3.8, 4) is 5.75 Å². The lowest BCUT2D eigenvalue weighted by molar-refractivity contribution is 0.184. The van der Waals surface area contributed by atoms with E-state index >= 15 is 0 Å². The van der Waals surface area contributed by atoms with E-state index in [0.29, 0.717) is 13.2 Å². The predicted molar refractivity (Wildman–Crippen MR) is 86.8 cm³/mol. The summed E-state index contributed by atoms with van der Waals surface area (Å²) in [4.78, 5) is 0. The Morgan fingerprint density at radius 3 is 2.52 bits per heavy atom. The van der Waals surface area contributed by atoms with Crippen LogP contribution >= 0.6 is 0 Å². The number of hydrogen-bond donors (Lipinski definition) is 1. The molecule has 0 aliphatic carbocycles. The number of benzene rings is 2. The van der Waals surface area contributed by atoms with Crippen molar-refractivity contribution in [1.29, 1.82) is 0 Å². The van der Waals surface area contributed by atoms with Crippen LogP contribution < -0.4 is 10.1 Å². The Bertz CT molecular complexity index is 581. The summed E-state index contributed by atoms with van der Waals surface area (Å²) >= 11 is 0. The van der Waals surface area contributed by atoms with Gasteiger partial charge in [-0.25, -0.2) is 0 Å². The fourth-order valence-corrected chi connectivity index (χ4v) is 2.27. The summed E-state index contributed by atoms with van der Waals surface area (Å²) in [6.07, 6.45) is 0. The van der Waals surface area contributed by atoms with Gasteiger partial charge in [-0.1, -0.05) is 30.3 Å². The van der Waals surface area contributed by atoms with Crippen LogP contribution in [0.4, 0.5) is 5.69 Å². The molecule has 3 heteroatoms. The van der Waals surface area contributed by atoms with Crippen molar-refractivity contribution in [3.05, 3.63) is 59.2 Å². The van der Waals surface area contributed by atoms with Crippen LogP contribution in [0.15, 0.2) is 42.5 Å². The van der Waals surface area contributed by atoms with Crippen molar-refractivity contribution >= 4 is 5.69 Å². The van der Waals surface area contributed by atoms with Gasteiger partial charge in [0, 0.05) is 13.7 Å². The van der Waals surface area contributed by atoms with Gasteiger partial charge in [0.25, 0.3) is 0 Å². The van der Waals surface area contributed by atoms with Crippen LogP contribution in [0.1, 0.15) is 23.6 Å². The maximum atomic E-state index is 5.70. The van der Waals surface area contributed by atoms with Gasteiger partial charge in [0.2, 0.25) is 0 Å². The highest BCUT2D eigenvalue weighted by Gasteiger charge is 2.05. The first-order chi connectivity index (χ1) is 10.2. The third kappa shape index (κ3) is 4.23. The number of rotatable bonds is 7. The maximum absolute atomic E-state index is 5.70. The Morgan fingerprint density at radius 1 is 1.05 bits per heavy atom. The SMILES string of the molecule is CCOc1cc(C)ccc1NCc1ccccc1COC. The van der Waals surface area contributed by atoms with Gasteiger partial charge in [0.05, 0.1) is 18.9 Å². The van der Waals surface area contributed by atoms with Gasteiger partial charge in [-0.15, -0.1) is 0 Å². The monoisotopic (exact) mass is 285 g/mol. The molecule has 0 aromatic heterocycles. The molecule has 112 valence electrons. The second-order valence-corrected chi connectivity index (χ2v) is 4.99. The predicted octanol–water partition coefficient (Wildman–Crippen LogP) is 4.15. The summed E-state index contributed by atoms with van der Waals surface area (Å²) in [6, 6.07) is 14.5. The molecule has 0 heterocycles. The molecular weight excluding hydrogens is 262 g/mol. The molecule has 2 aromatic rings. The third-order valence-electron chi connectivity index (χ3n) is 3.32. The molecule has 0 radical (unpaired) electrons. The summed E-state index contributed by atoms with van der Waals surface area (Å²) in [5.41, 5.74) is 4.67. The molecule has 21 heavy (non-hydrogen) atoms. The zero-order valence-corrected chi connectivity index (χ0v) is 13.0. The van der Waals surface area contributed by atoms with Gasteiger partial charge >= 0.3 is 0 Å². The molecule has 2 rings (SSSR count). The van der Waals surface area contributed by atoms with Crippen molar-refractivity contribution in [1.82, 2.24) is 0 Å². The zero-order valence-electron chi connectivity index (χ0n) is 13.0. The lowest BCUT2D eigenvalue weighted by atomic mass is 10.1. The average Bonchev–Trinajstić information content (AvgIpc) is 2.48. The van der Waals surface area contributed by atoms with Gasteiger partial charge < -0.3 is 14.8 Å². The minimum Gasteiger partial charge on any atom is -0.492 e. The van der Waals surface area contributed by atoms with E-state index in [-0.39, 0.29) is 0 Å². The molecule has 0 aliphatic heterocycles. The Labute approximate surface area is 126 Å². The van der Waals surface area contributed by atoms with Crippen molar-refractivity contribution in [2.45, 2.75) is 27.0 Å². The van der Waals surface area contributed by atoms with Gasteiger partial charge in [0.15, 0.2) is 0 Å². The first-order valence-electron chi connectivity index (χ1n) is 7.27. The van der Waals surface area contributed by atoms with E-state index in [2.05, 4.69) is 48.6 Å². The number of anilines is 1. The Morgan fingerprint density at radius 2 is 1.81 bits per heavy atom. The molecule has 0 spiro atoms. The quantitative estimate of drug-likeness (QED) is 0.829. The molecule has 1 N–H and O–H groups in total. The molecule has 0 fully saturated rings. The molecule has 0 amide bonds. The first-order valence-corrected chi connectivity index (χ1v) is 7.27. The molecule has 0 aliphatic rings. The standard InChI is InChI=1S/C18H23NO2/c1-4-21-18-11-14(2)9-10-17(18)19-12-15-7-5-6-8-16(15)13-20-3/h5-11,19H,4,12-13H2,1-3H3. The molecular formula is C18H23NO2. The van der Waals surface area contributed by atoms with E-state index in [1.54, 1.807) is 7.11 Å². The Balaban J connectivity index is 2.13. The number of ether oxygens (including phenoxy) is 2. The molecule has 2 aromatic carbocycles. The third-order valence-corrected chi connectivity index (χ3v) is 3.32. The van der Waals surface area contributed by atoms with Crippen LogP contribution in [0.2, 0.25) is 0 Å². The normalized spacial score (nSPS) is 10.4. The van der Waals surface area contributed by atoms with E-state index in [0.717, 1.165) is 18.0 Å². The van der Waals surface area contributed by atoms with Crippen molar-refractivity contribution in [2.24, 2.45) is 0 Å². The molecule has 0 atom stereocenters. The Kier molecular flexibility index (Phi) is 5.64. The van der Waals surface area contributed by atoms with E-state index in [1.807, 2.05) is 13.0 Å². The van der Waals surface area contributed by atoms with Crippen LogP contribution in [0.25, 0.3) is 0 Å². The lowest BCUT2D eigenvalue weighted by Gasteiger charge is -2.15. The summed E-state index contributed by atoms with van der Waals surface area (Å²) in [6.45, 7) is 6.12. The molecule has 0 saturated carbocycles. The number of nitrogens with one attached hydrogen (secondary N) is 1. The second-order valence-electron chi connectivity index (χ2n) is 4.99. The van der Waals surface area contributed by atoms with E-state index in [9.17, 15) is 0 Å². The van der Waals surface area contributed by atoms with E-state index in [4.69, 9.17) is 9.47 Å². The Hall–Kier alpha value is -2.00. The molecule has 0 saturated heterocycles. The van der Waals surface area contributed by atoms with Gasteiger partial charge in [0.1, 0.15) is 5.75 Å². The number of aryl methyl sites for hydroxylation is 1. The fraction of sp³-hybridized carbons (Fsp3) is 0.333. The second kappa shape index (κ2) is 7.70. The number of hydrogen-bond acceptors (Lipinski definition) is 3. The smallest absolute Gasteiger partial charge is 0.142 e. The van der Waals surface area contributed by atoms with Gasteiger partial charge in [-0.05, 0) is 42.7 Å². The van der Waals surface area contributed by atoms with Crippen LogP contribution in [-0.4, -0.2) is 13.7 Å². The summed E-state index contributed by atoms with van der Waals surface area (Å²) in [5.74, 6) is 0.904. The van der Waals surface area contributed by atoms with Crippen LogP contribution in [-0.2, 0) is 17.9 Å². The van der Waals surface area contributed by atoms with Gasteiger partial charge in [-0.3, -0.25) is 0 Å². The molecule has 3 nitrogen and oxygen atoms in total. The summed E-state index contributed by atoms with van der Waals surface area (Å²) in [5, 5.41) is 3.46. The van der Waals surface area contributed by atoms with Crippen LogP contribution in [0, 0.1) is 6.92 Å². The summed E-state index contributed by atoms with van der Waals surface area (Å²) < 4.78 is 10.9. The highest BCUT2D eigenvalue weighted by Crippen LogP contribution is 2.26. The highest BCUT2D eigenvalue weighted by atomic mass is 16.5. The van der Waals surface area contributed by atoms with Crippen molar-refractivity contribution in [3.63, 3.8) is 0 Å². The summed E-state index contributed by atoms with van der Waals surface area (Å²) in [7, 11) is 1.72. The number of methoxy groups -OCH3 is 1. The minimum atomic E-state index is 0.629. The van der Waals surface area contributed by atoms with Crippen molar-refractivity contribution < 1.29 is 9.47 Å². The zero-order chi connectivity index (χ0) is 15.1. The maximum Gasteiger partial charge on any atom is 0.142 e. The topological polar surface area (TPSA) is 30.5 Å². The first kappa shape index (κ1) is 15.4. The molecule has 0 bridgehead atoms. The van der Waals surface area contributed by atoms with Crippen molar-refractivity contribution in [2.75, 3.05) is 19.0 Å². The largest absolute Gasteiger partial charge is 0.492 e. The minimum absolute atomic E-state index is 0.629. The lowest BCUT2D eigenvalue weighted by Crippen LogP contribution is -2.05. The highest BCUT2D eigenvalue weighted by molar-refractivity contribution is 5.58.